The van der Waals surface area contributed by atoms with Gasteiger partial charge in [-0.3, -0.25) is 28.8 Å². The number of anilines is 3. The first-order valence-electron chi connectivity index (χ1n) is 30.9. The van der Waals surface area contributed by atoms with Crippen LogP contribution in [-0.4, -0.2) is 109 Å². The molecule has 0 saturated carbocycles. The largest absolute Gasteiger partial charge is 0.497 e. The normalized spacial score (nSPS) is 12.2. The van der Waals surface area contributed by atoms with Crippen molar-refractivity contribution in [1.29, 1.82) is 0 Å². The number of rotatable bonds is 33. The SMILES string of the molecule is COc1ccc2[nH]cc(CC(=O)N[C@@H](CCCCN)C(=O)Nc3ccc(C(c4ccc(NC(=O)[C@H](CCCCN)NC(=O)Cc5c[nH]c6ccc(OC)cc56)cc4)c4ccc(NC(=O)[C@H](CCCCN)NC(=O)Cc5c[nH]c6ccc(OC)cc56)cc4)cc3)c2c1.Cl. The summed E-state index contributed by atoms with van der Waals surface area (Å²) >= 11 is 0. The lowest BCUT2D eigenvalue weighted by Crippen LogP contribution is -2.44. The highest BCUT2D eigenvalue weighted by Crippen LogP contribution is 2.35. The van der Waals surface area contributed by atoms with E-state index in [0.717, 1.165) is 66.1 Å². The molecule has 0 aliphatic rings. The van der Waals surface area contributed by atoms with Crippen LogP contribution < -0.4 is 63.3 Å². The van der Waals surface area contributed by atoms with Crippen molar-refractivity contribution in [3.8, 4) is 17.2 Å². The standard InChI is InChI=1S/C70H82N12O9.ClH/c1-89-52-25-28-58-55(37-52)46(40-74-58)34-64(83)80-61(10-4-7-31-71)68(86)77-49-19-13-43(14-20-49)67(44-15-21-50(22-16-44)78-69(87)62(11-5-8-32-72)81-65(84)35-47-41-75-59-29-26-53(90-2)38-56(47)59)45-17-23-51(24-18-45)79-70(88)63(12-6-9-33-73)82-66(85)36-48-42-76-60-30-27-54(91-3)39-57(48)60;/h13-30,37-42,61-63,67,74-76H,4-12,31-36,71-73H2,1-3H3,(H,77,86)(H,78,87)(H,79,88)(H,80,83)(H,81,84)(H,82,85);1H/t61-,62-,63-;/m0./s1. The summed E-state index contributed by atoms with van der Waals surface area (Å²) in [6, 6.07) is 36.7. The Morgan fingerprint density at radius 2 is 0.663 bits per heavy atom. The topological polar surface area (TPSA) is 328 Å². The molecule has 0 aliphatic heterocycles. The van der Waals surface area contributed by atoms with Crippen LogP contribution in [-0.2, 0) is 48.0 Å². The van der Waals surface area contributed by atoms with Gasteiger partial charge >= 0.3 is 0 Å². The summed E-state index contributed by atoms with van der Waals surface area (Å²) in [6.07, 6.45) is 10.5. The molecule has 0 saturated heterocycles. The molecule has 0 aliphatic carbocycles. The van der Waals surface area contributed by atoms with E-state index in [9.17, 15) is 28.8 Å². The van der Waals surface area contributed by atoms with Gasteiger partial charge in [-0.15, -0.1) is 12.4 Å². The molecular weight excluding hydrogens is 1190 g/mol. The third-order valence-corrected chi connectivity index (χ3v) is 16.3. The third kappa shape index (κ3) is 18.1. The second-order valence-corrected chi connectivity index (χ2v) is 22.7. The zero-order valence-electron chi connectivity index (χ0n) is 52.1. The molecule has 3 aromatic heterocycles. The van der Waals surface area contributed by atoms with Gasteiger partial charge in [-0.05, 0) is 202 Å². The number of unbranched alkanes of at least 4 members (excludes halogenated alkanes) is 3. The second kappa shape index (κ2) is 33.4. The van der Waals surface area contributed by atoms with E-state index in [2.05, 4.69) is 46.9 Å². The summed E-state index contributed by atoms with van der Waals surface area (Å²) in [5.74, 6) is -0.486. The number of halogens is 1. The molecule has 6 amide bonds. The van der Waals surface area contributed by atoms with Gasteiger partial charge in [0.1, 0.15) is 35.4 Å². The van der Waals surface area contributed by atoms with E-state index in [-0.39, 0.29) is 67.1 Å². The van der Waals surface area contributed by atoms with Crippen LogP contribution in [0.4, 0.5) is 17.1 Å². The summed E-state index contributed by atoms with van der Waals surface area (Å²) in [4.78, 5) is 92.8. The molecule has 92 heavy (non-hydrogen) atoms. The smallest absolute Gasteiger partial charge is 0.246 e. The maximum Gasteiger partial charge on any atom is 0.246 e. The molecule has 484 valence electrons. The zero-order chi connectivity index (χ0) is 64.2. The number of nitrogens with one attached hydrogen (secondary N) is 9. The van der Waals surface area contributed by atoms with Crippen molar-refractivity contribution in [2.75, 3.05) is 56.9 Å². The highest BCUT2D eigenvalue weighted by Gasteiger charge is 2.26. The molecule has 0 bridgehead atoms. The van der Waals surface area contributed by atoms with Gasteiger partial charge in [0.25, 0.3) is 0 Å². The molecule has 0 radical (unpaired) electrons. The first-order valence-corrected chi connectivity index (χ1v) is 30.9. The fourth-order valence-electron chi connectivity index (χ4n) is 11.4. The minimum Gasteiger partial charge on any atom is -0.497 e. The zero-order valence-corrected chi connectivity index (χ0v) is 52.9. The van der Waals surface area contributed by atoms with E-state index in [4.69, 9.17) is 31.4 Å². The lowest BCUT2D eigenvalue weighted by Gasteiger charge is -2.22. The van der Waals surface area contributed by atoms with E-state index >= 15 is 0 Å². The van der Waals surface area contributed by atoms with E-state index in [0.29, 0.717) is 112 Å². The Morgan fingerprint density at radius 3 is 0.913 bits per heavy atom. The number of nitrogens with two attached hydrogens (primary N) is 3. The summed E-state index contributed by atoms with van der Waals surface area (Å²) in [5.41, 5.74) is 26.5. The molecular formula is C70H83ClN12O9. The van der Waals surface area contributed by atoms with Crippen LogP contribution in [0.5, 0.6) is 17.2 Å². The number of carbonyl (C=O) groups is 6. The molecule has 15 N–H and O–H groups in total. The molecule has 9 aromatic rings. The number of methoxy groups -OCH3 is 3. The molecule has 22 heteroatoms. The number of hydrogen-bond donors (Lipinski definition) is 12. The molecule has 6 aromatic carbocycles. The summed E-state index contributed by atoms with van der Waals surface area (Å²) in [7, 11) is 4.76. The van der Waals surface area contributed by atoms with Crippen LogP contribution in [0, 0.1) is 0 Å². The van der Waals surface area contributed by atoms with Crippen molar-refractivity contribution in [2.24, 2.45) is 17.2 Å². The number of aromatic nitrogens is 3. The van der Waals surface area contributed by atoms with Crippen molar-refractivity contribution >= 4 is 97.6 Å². The number of carbonyl (C=O) groups excluding carboxylic acids is 6. The molecule has 0 spiro atoms. The first kappa shape index (κ1) is 68.2. The highest BCUT2D eigenvalue weighted by atomic mass is 35.5. The van der Waals surface area contributed by atoms with Gasteiger partial charge in [-0.1, -0.05) is 36.4 Å². The molecule has 21 nitrogen and oxygen atoms in total. The average Bonchev–Trinajstić information content (AvgIpc) is 1.17. The van der Waals surface area contributed by atoms with Crippen LogP contribution in [0.1, 0.15) is 97.1 Å². The number of ether oxygens (including phenoxy) is 3. The molecule has 0 fully saturated rings. The van der Waals surface area contributed by atoms with Gasteiger partial charge in [-0.2, -0.15) is 0 Å². The van der Waals surface area contributed by atoms with Crippen molar-refractivity contribution in [2.45, 2.75) is 101 Å². The van der Waals surface area contributed by atoms with E-state index in [1.807, 2.05) is 127 Å². The van der Waals surface area contributed by atoms with Crippen molar-refractivity contribution in [1.82, 2.24) is 30.9 Å². The molecule has 3 heterocycles. The number of hydrogen-bond acceptors (Lipinski definition) is 12. The Morgan fingerprint density at radius 1 is 0.391 bits per heavy atom. The van der Waals surface area contributed by atoms with E-state index in [1.54, 1.807) is 39.9 Å². The second-order valence-electron chi connectivity index (χ2n) is 22.7. The molecule has 3 atom stereocenters. The Balaban J connectivity index is 0.0000109. The van der Waals surface area contributed by atoms with Crippen LogP contribution >= 0.6 is 12.4 Å². The third-order valence-electron chi connectivity index (χ3n) is 16.3. The number of amides is 6. The minimum absolute atomic E-state index is 0. The Bertz CT molecular complexity index is 3540. The monoisotopic (exact) mass is 1270 g/mol. The number of fused-ring (bicyclic) bond motifs is 3. The van der Waals surface area contributed by atoms with Gasteiger partial charge in [-0.25, -0.2) is 0 Å². The quantitative estimate of drug-likeness (QED) is 0.0135. The first-order chi connectivity index (χ1) is 44.3. The average molecular weight is 1270 g/mol. The molecule has 9 rings (SSSR count). The predicted molar refractivity (Wildman–Crippen MR) is 364 cm³/mol. The van der Waals surface area contributed by atoms with E-state index < -0.39 is 24.0 Å². The minimum atomic E-state index is -0.843. The van der Waals surface area contributed by atoms with Crippen LogP contribution in [0.25, 0.3) is 32.7 Å². The highest BCUT2D eigenvalue weighted by molar-refractivity contribution is 6.01. The molecule has 0 unspecified atom stereocenters. The van der Waals surface area contributed by atoms with Crippen molar-refractivity contribution in [3.63, 3.8) is 0 Å². The summed E-state index contributed by atoms with van der Waals surface area (Å²) in [6.45, 7) is 1.33. The summed E-state index contributed by atoms with van der Waals surface area (Å²) in [5, 5.41) is 20.6. The van der Waals surface area contributed by atoms with Crippen molar-refractivity contribution < 1.29 is 43.0 Å². The van der Waals surface area contributed by atoms with Crippen LogP contribution in [0.2, 0.25) is 0 Å². The van der Waals surface area contributed by atoms with Crippen molar-refractivity contribution in [3.05, 3.63) is 179 Å². The number of benzene rings is 6. The van der Waals surface area contributed by atoms with Crippen LogP contribution in [0.3, 0.4) is 0 Å². The van der Waals surface area contributed by atoms with Crippen LogP contribution in [0.15, 0.2) is 146 Å². The van der Waals surface area contributed by atoms with E-state index in [1.165, 1.54) is 0 Å². The maximum atomic E-state index is 14.1. The summed E-state index contributed by atoms with van der Waals surface area (Å²) < 4.78 is 16.3. The van der Waals surface area contributed by atoms with Gasteiger partial charge in [0.05, 0.1) is 40.6 Å². The fraction of sp³-hybridized carbons (Fsp3) is 0.314. The lowest BCUT2D eigenvalue weighted by molar-refractivity contribution is -0.126. The van der Waals surface area contributed by atoms with Gasteiger partial charge in [0, 0.05) is 74.3 Å². The fourth-order valence-corrected chi connectivity index (χ4v) is 11.4. The van der Waals surface area contributed by atoms with Gasteiger partial charge in [0.2, 0.25) is 35.4 Å². The number of H-pyrrole nitrogens is 3. The maximum absolute atomic E-state index is 14.1. The predicted octanol–water partition coefficient (Wildman–Crippen LogP) is 9.14. The Labute approximate surface area is 540 Å². The Hall–Kier alpha value is -9.67. The van der Waals surface area contributed by atoms with Gasteiger partial charge < -0.3 is 78.3 Å². The number of aromatic amines is 3. The lowest BCUT2D eigenvalue weighted by atomic mass is 9.85. The van der Waals surface area contributed by atoms with Gasteiger partial charge in [0.15, 0.2) is 0 Å². The Kier molecular flexibility index (Phi) is 24.8.